The van der Waals surface area contributed by atoms with Crippen LogP contribution in [0.15, 0.2) is 53.0 Å². The van der Waals surface area contributed by atoms with Crippen molar-refractivity contribution in [1.29, 1.82) is 0 Å². The maximum absolute atomic E-state index is 13.7. The molecule has 3 nitrogen and oxygen atoms in total. The third-order valence-electron chi connectivity index (χ3n) is 3.35. The van der Waals surface area contributed by atoms with Gasteiger partial charge in [0.15, 0.2) is 11.6 Å². The largest absolute Gasteiger partial charge is 0.494 e. The molecule has 1 amide bonds. The molecule has 2 rings (SSSR count). The summed E-state index contributed by atoms with van der Waals surface area (Å²) < 4.78 is 19.5. The van der Waals surface area contributed by atoms with Gasteiger partial charge in [0, 0.05) is 10.5 Å². The molecular formula is C18H17BrFNO2. The second-order valence-electron chi connectivity index (χ2n) is 4.98. The standard InChI is InChI=1S/C18H17BrFNO2/c1-12(14-7-9-17(23-2)16(20)11-14)21-18(22)10-8-13-5-3-4-6-15(13)19/h3-12H,1-2H3,(H,21,22)/b10-8+/t12-/m1/s1. The van der Waals surface area contributed by atoms with Crippen molar-refractivity contribution in [3.63, 3.8) is 0 Å². The van der Waals surface area contributed by atoms with Gasteiger partial charge in [-0.2, -0.15) is 0 Å². The van der Waals surface area contributed by atoms with E-state index < -0.39 is 5.82 Å². The van der Waals surface area contributed by atoms with Crippen LogP contribution in [0.2, 0.25) is 0 Å². The summed E-state index contributed by atoms with van der Waals surface area (Å²) in [5.74, 6) is -0.513. The molecule has 0 spiro atoms. The molecule has 0 unspecified atom stereocenters. The van der Waals surface area contributed by atoms with Crippen LogP contribution in [0.4, 0.5) is 4.39 Å². The molecular weight excluding hydrogens is 361 g/mol. The average molecular weight is 378 g/mol. The summed E-state index contributed by atoms with van der Waals surface area (Å²) in [6.45, 7) is 1.80. The predicted molar refractivity (Wildman–Crippen MR) is 92.7 cm³/mol. The SMILES string of the molecule is COc1ccc([C@@H](C)NC(=O)/C=C/c2ccccc2Br)cc1F. The van der Waals surface area contributed by atoms with E-state index in [0.717, 1.165) is 10.0 Å². The summed E-state index contributed by atoms with van der Waals surface area (Å²) in [6, 6.07) is 11.9. The fourth-order valence-electron chi connectivity index (χ4n) is 2.07. The van der Waals surface area contributed by atoms with E-state index in [0.29, 0.717) is 5.56 Å². The molecule has 0 aliphatic carbocycles. The van der Waals surface area contributed by atoms with Gasteiger partial charge in [0.25, 0.3) is 0 Å². The number of carbonyl (C=O) groups excluding carboxylic acids is 1. The van der Waals surface area contributed by atoms with Crippen LogP contribution in [0.3, 0.4) is 0 Å². The van der Waals surface area contributed by atoms with E-state index in [1.807, 2.05) is 24.3 Å². The van der Waals surface area contributed by atoms with Crippen molar-refractivity contribution in [3.8, 4) is 5.75 Å². The minimum absolute atomic E-state index is 0.182. The van der Waals surface area contributed by atoms with Crippen LogP contribution in [0.25, 0.3) is 6.08 Å². The van der Waals surface area contributed by atoms with Crippen LogP contribution in [-0.4, -0.2) is 13.0 Å². The number of rotatable bonds is 5. The van der Waals surface area contributed by atoms with Gasteiger partial charge in [-0.05, 0) is 42.3 Å². The topological polar surface area (TPSA) is 38.3 Å². The number of benzene rings is 2. The van der Waals surface area contributed by atoms with E-state index in [2.05, 4.69) is 21.2 Å². The van der Waals surface area contributed by atoms with Crippen molar-refractivity contribution >= 4 is 27.9 Å². The summed E-state index contributed by atoms with van der Waals surface area (Å²) in [6.07, 6.45) is 3.18. The first-order chi connectivity index (χ1) is 11.0. The minimum Gasteiger partial charge on any atom is -0.494 e. The Balaban J connectivity index is 2.02. The molecule has 1 N–H and O–H groups in total. The molecule has 0 saturated carbocycles. The average Bonchev–Trinajstić information content (AvgIpc) is 2.54. The minimum atomic E-state index is -0.449. The second kappa shape index (κ2) is 7.92. The fraction of sp³-hybridized carbons (Fsp3) is 0.167. The monoisotopic (exact) mass is 377 g/mol. The van der Waals surface area contributed by atoms with Crippen molar-refractivity contribution in [2.24, 2.45) is 0 Å². The Bertz CT molecular complexity index is 731. The number of carbonyl (C=O) groups is 1. The molecule has 1 atom stereocenters. The molecule has 0 aliphatic heterocycles. The smallest absolute Gasteiger partial charge is 0.244 e. The van der Waals surface area contributed by atoms with Gasteiger partial charge < -0.3 is 10.1 Å². The van der Waals surface area contributed by atoms with E-state index >= 15 is 0 Å². The van der Waals surface area contributed by atoms with Gasteiger partial charge in [-0.25, -0.2) is 4.39 Å². The van der Waals surface area contributed by atoms with Gasteiger partial charge >= 0.3 is 0 Å². The quantitative estimate of drug-likeness (QED) is 0.779. The highest BCUT2D eigenvalue weighted by molar-refractivity contribution is 9.10. The molecule has 5 heteroatoms. The fourth-order valence-corrected chi connectivity index (χ4v) is 2.49. The van der Waals surface area contributed by atoms with Crippen molar-refractivity contribution in [2.75, 3.05) is 7.11 Å². The Labute approximate surface area is 143 Å². The molecule has 2 aromatic carbocycles. The number of methoxy groups -OCH3 is 1. The molecule has 0 bridgehead atoms. The van der Waals surface area contributed by atoms with Crippen molar-refractivity contribution in [2.45, 2.75) is 13.0 Å². The van der Waals surface area contributed by atoms with E-state index in [1.165, 1.54) is 19.3 Å². The zero-order valence-electron chi connectivity index (χ0n) is 12.8. The van der Waals surface area contributed by atoms with Crippen LogP contribution >= 0.6 is 15.9 Å². The summed E-state index contributed by atoms with van der Waals surface area (Å²) in [5.41, 5.74) is 1.58. The molecule has 120 valence electrons. The number of amides is 1. The molecule has 0 aliphatic rings. The summed E-state index contributed by atoms with van der Waals surface area (Å²) in [5, 5.41) is 2.80. The normalized spacial score (nSPS) is 12.2. The van der Waals surface area contributed by atoms with Crippen molar-refractivity contribution < 1.29 is 13.9 Å². The van der Waals surface area contributed by atoms with Crippen LogP contribution < -0.4 is 10.1 Å². The maximum Gasteiger partial charge on any atom is 0.244 e. The Morgan fingerprint density at radius 1 is 1.30 bits per heavy atom. The van der Waals surface area contributed by atoms with Gasteiger partial charge in [-0.3, -0.25) is 4.79 Å². The highest BCUT2D eigenvalue weighted by Crippen LogP contribution is 2.22. The van der Waals surface area contributed by atoms with Crippen molar-refractivity contribution in [1.82, 2.24) is 5.32 Å². The number of hydrogen-bond acceptors (Lipinski definition) is 2. The third kappa shape index (κ3) is 4.66. The van der Waals surface area contributed by atoms with Crippen LogP contribution in [0, 0.1) is 5.82 Å². The van der Waals surface area contributed by atoms with Crippen LogP contribution in [0.1, 0.15) is 24.1 Å². The molecule has 0 fully saturated rings. The highest BCUT2D eigenvalue weighted by Gasteiger charge is 2.11. The maximum atomic E-state index is 13.7. The predicted octanol–water partition coefficient (Wildman–Crippen LogP) is 4.49. The first kappa shape index (κ1) is 17.2. The molecule has 23 heavy (non-hydrogen) atoms. The van der Waals surface area contributed by atoms with Crippen molar-refractivity contribution in [3.05, 3.63) is 70.0 Å². The lowest BCUT2D eigenvalue weighted by Gasteiger charge is -2.14. The van der Waals surface area contributed by atoms with Crippen LogP contribution in [0.5, 0.6) is 5.75 Å². The van der Waals surface area contributed by atoms with Crippen LogP contribution in [-0.2, 0) is 4.79 Å². The number of hydrogen-bond donors (Lipinski definition) is 1. The van der Waals surface area contributed by atoms with Gasteiger partial charge in [0.1, 0.15) is 0 Å². The van der Waals surface area contributed by atoms with Gasteiger partial charge in [0.05, 0.1) is 13.2 Å². The lowest BCUT2D eigenvalue weighted by atomic mass is 10.1. The number of ether oxygens (including phenoxy) is 1. The van der Waals surface area contributed by atoms with E-state index in [-0.39, 0.29) is 17.7 Å². The van der Waals surface area contributed by atoms with E-state index in [9.17, 15) is 9.18 Å². The van der Waals surface area contributed by atoms with Gasteiger partial charge in [-0.1, -0.05) is 40.2 Å². The molecule has 0 radical (unpaired) electrons. The van der Waals surface area contributed by atoms with E-state index in [1.54, 1.807) is 25.1 Å². The first-order valence-electron chi connectivity index (χ1n) is 7.08. The summed E-state index contributed by atoms with van der Waals surface area (Å²) in [7, 11) is 1.41. The molecule has 2 aromatic rings. The van der Waals surface area contributed by atoms with E-state index in [4.69, 9.17) is 4.74 Å². The first-order valence-corrected chi connectivity index (χ1v) is 7.87. The summed E-state index contributed by atoms with van der Waals surface area (Å²) >= 11 is 3.42. The second-order valence-corrected chi connectivity index (χ2v) is 5.83. The Morgan fingerprint density at radius 3 is 2.70 bits per heavy atom. The number of halogens is 2. The lowest BCUT2D eigenvalue weighted by molar-refractivity contribution is -0.117. The molecule has 0 saturated heterocycles. The Morgan fingerprint density at radius 2 is 2.04 bits per heavy atom. The van der Waals surface area contributed by atoms with Gasteiger partial charge in [-0.15, -0.1) is 0 Å². The number of nitrogens with one attached hydrogen (secondary N) is 1. The lowest BCUT2D eigenvalue weighted by Crippen LogP contribution is -2.24. The molecule has 0 heterocycles. The zero-order chi connectivity index (χ0) is 16.8. The Kier molecular flexibility index (Phi) is 5.93. The zero-order valence-corrected chi connectivity index (χ0v) is 14.4. The van der Waals surface area contributed by atoms with Gasteiger partial charge in [0.2, 0.25) is 5.91 Å². The highest BCUT2D eigenvalue weighted by atomic mass is 79.9. The summed E-state index contributed by atoms with van der Waals surface area (Å²) in [4.78, 5) is 12.0. The third-order valence-corrected chi connectivity index (χ3v) is 4.08. The molecule has 0 aromatic heterocycles. The Hall–Kier alpha value is -2.14.